The second kappa shape index (κ2) is 3.63. The summed E-state index contributed by atoms with van der Waals surface area (Å²) in [7, 11) is 1.24. The highest BCUT2D eigenvalue weighted by Gasteiger charge is 2.07. The van der Waals surface area contributed by atoms with Crippen LogP contribution >= 0.6 is 0 Å². The molecule has 1 aromatic rings. The van der Waals surface area contributed by atoms with E-state index in [0.29, 0.717) is 0 Å². The molecule has 0 amide bonds. The molecule has 0 radical (unpaired) electrons. The second-order valence-electron chi connectivity index (χ2n) is 1.89. The molecule has 0 aliphatic carbocycles. The lowest BCUT2D eigenvalue weighted by molar-refractivity contribution is 0.0593. The number of aromatic nitrogens is 2. The van der Waals surface area contributed by atoms with E-state index in [1.807, 2.05) is 0 Å². The Morgan fingerprint density at radius 2 is 2.42 bits per heavy atom. The predicted octanol–water partition coefficient (Wildman–Crippen LogP) is 0.0643. The van der Waals surface area contributed by atoms with E-state index in [9.17, 15) is 4.79 Å². The van der Waals surface area contributed by atoms with Crippen LogP contribution < -0.4 is 5.48 Å². The molecule has 1 rings (SSSR count). The molecule has 0 aliphatic rings. The third-order valence-corrected chi connectivity index (χ3v) is 1.14. The van der Waals surface area contributed by atoms with Crippen molar-refractivity contribution in [2.24, 2.45) is 0 Å². The third kappa shape index (κ3) is 1.67. The summed E-state index contributed by atoms with van der Waals surface area (Å²) in [6.45, 7) is 0. The minimum atomic E-state index is -0.598. The zero-order valence-electron chi connectivity index (χ0n) is 6.31. The van der Waals surface area contributed by atoms with Gasteiger partial charge in [0.1, 0.15) is 0 Å². The number of nitrogens with one attached hydrogen (secondary N) is 1. The Bertz CT molecular complexity index is 289. The number of hydrogen-bond donors (Lipinski definition) is 2. The first-order chi connectivity index (χ1) is 5.77. The Labute approximate surface area is 68.2 Å². The zero-order valence-corrected chi connectivity index (χ0v) is 6.31. The van der Waals surface area contributed by atoms with Crippen molar-refractivity contribution in [3.05, 3.63) is 18.1 Å². The highest BCUT2D eigenvalue weighted by atomic mass is 16.5. The molecule has 0 bridgehead atoms. The van der Waals surface area contributed by atoms with Crippen LogP contribution in [0.2, 0.25) is 0 Å². The Kier molecular flexibility index (Phi) is 2.54. The highest BCUT2D eigenvalue weighted by Crippen LogP contribution is 2.01. The number of methoxy groups -OCH3 is 1. The standard InChI is InChI=1S/C6H7N3O3/c1-12-6(10)4-2-7-3-5(8-4)9-11/h2-3,11H,1H3,(H,8,9). The average Bonchev–Trinajstić information content (AvgIpc) is 2.17. The summed E-state index contributed by atoms with van der Waals surface area (Å²) < 4.78 is 4.38. The lowest BCUT2D eigenvalue weighted by Crippen LogP contribution is -2.06. The van der Waals surface area contributed by atoms with E-state index in [4.69, 9.17) is 5.21 Å². The fraction of sp³-hybridized carbons (Fsp3) is 0.167. The van der Waals surface area contributed by atoms with Crippen molar-refractivity contribution in [2.75, 3.05) is 12.6 Å². The van der Waals surface area contributed by atoms with E-state index in [1.165, 1.54) is 19.5 Å². The van der Waals surface area contributed by atoms with E-state index in [1.54, 1.807) is 5.48 Å². The van der Waals surface area contributed by atoms with E-state index in [-0.39, 0.29) is 11.5 Å². The molecule has 64 valence electrons. The van der Waals surface area contributed by atoms with E-state index in [0.717, 1.165) is 0 Å². The molecular formula is C6H7N3O3. The summed E-state index contributed by atoms with van der Waals surface area (Å²) in [4.78, 5) is 18.1. The lowest BCUT2D eigenvalue weighted by Gasteiger charge is -1.99. The molecule has 1 heterocycles. The summed E-state index contributed by atoms with van der Waals surface area (Å²) >= 11 is 0. The van der Waals surface area contributed by atoms with Gasteiger partial charge in [0, 0.05) is 0 Å². The van der Waals surface area contributed by atoms with Gasteiger partial charge in [0.25, 0.3) is 0 Å². The van der Waals surface area contributed by atoms with Gasteiger partial charge >= 0.3 is 5.97 Å². The quantitative estimate of drug-likeness (QED) is 0.481. The zero-order chi connectivity index (χ0) is 8.97. The van der Waals surface area contributed by atoms with Gasteiger partial charge in [0.2, 0.25) is 0 Å². The number of rotatable bonds is 2. The van der Waals surface area contributed by atoms with E-state index < -0.39 is 5.97 Å². The van der Waals surface area contributed by atoms with Gasteiger partial charge in [-0.2, -0.15) is 0 Å². The molecule has 2 N–H and O–H groups in total. The number of carbonyl (C=O) groups excluding carboxylic acids is 1. The maximum Gasteiger partial charge on any atom is 0.358 e. The van der Waals surface area contributed by atoms with Crippen LogP contribution in [0.5, 0.6) is 0 Å². The number of ether oxygens (including phenoxy) is 1. The Morgan fingerprint density at radius 3 is 3.00 bits per heavy atom. The molecule has 0 spiro atoms. The maximum absolute atomic E-state index is 10.8. The molecular weight excluding hydrogens is 162 g/mol. The van der Waals surface area contributed by atoms with Crippen LogP contribution in [0.3, 0.4) is 0 Å². The van der Waals surface area contributed by atoms with Crippen molar-refractivity contribution in [1.29, 1.82) is 0 Å². The topological polar surface area (TPSA) is 84.3 Å². The largest absolute Gasteiger partial charge is 0.464 e. The summed E-state index contributed by atoms with van der Waals surface area (Å²) in [6.07, 6.45) is 2.51. The van der Waals surface area contributed by atoms with Crippen molar-refractivity contribution in [1.82, 2.24) is 9.97 Å². The minimum absolute atomic E-state index is 0.0385. The summed E-state index contributed by atoms with van der Waals surface area (Å²) in [5.41, 5.74) is 1.80. The Morgan fingerprint density at radius 1 is 1.67 bits per heavy atom. The van der Waals surface area contributed by atoms with Crippen molar-refractivity contribution in [3.8, 4) is 0 Å². The molecule has 0 fully saturated rings. The first kappa shape index (κ1) is 8.41. The molecule has 6 heteroatoms. The molecule has 1 aromatic heterocycles. The molecule has 6 nitrogen and oxygen atoms in total. The summed E-state index contributed by atoms with van der Waals surface area (Å²) in [6, 6.07) is 0. The third-order valence-electron chi connectivity index (χ3n) is 1.14. The van der Waals surface area contributed by atoms with Crippen LogP contribution in [0.25, 0.3) is 0 Å². The normalized spacial score (nSPS) is 9.17. The van der Waals surface area contributed by atoms with Crippen LogP contribution in [-0.4, -0.2) is 28.3 Å². The molecule has 0 aromatic carbocycles. The molecule has 0 saturated carbocycles. The number of hydrogen-bond acceptors (Lipinski definition) is 6. The van der Waals surface area contributed by atoms with Gasteiger partial charge in [-0.1, -0.05) is 0 Å². The van der Waals surface area contributed by atoms with Gasteiger partial charge in [-0.25, -0.2) is 9.78 Å². The molecule has 12 heavy (non-hydrogen) atoms. The predicted molar refractivity (Wildman–Crippen MR) is 38.8 cm³/mol. The Hall–Kier alpha value is -1.69. The van der Waals surface area contributed by atoms with Gasteiger partial charge in [0.05, 0.1) is 19.5 Å². The molecule has 0 saturated heterocycles. The van der Waals surface area contributed by atoms with Gasteiger partial charge in [0.15, 0.2) is 11.5 Å². The van der Waals surface area contributed by atoms with E-state index >= 15 is 0 Å². The first-order valence-corrected chi connectivity index (χ1v) is 3.08. The van der Waals surface area contributed by atoms with Gasteiger partial charge < -0.3 is 4.74 Å². The SMILES string of the molecule is COC(=O)c1cncc(NO)n1. The van der Waals surface area contributed by atoms with E-state index in [2.05, 4.69) is 14.7 Å². The van der Waals surface area contributed by atoms with Crippen molar-refractivity contribution in [2.45, 2.75) is 0 Å². The second-order valence-corrected chi connectivity index (χ2v) is 1.89. The number of carbonyl (C=O) groups is 1. The number of esters is 1. The fourth-order valence-electron chi connectivity index (χ4n) is 0.623. The Balaban J connectivity index is 2.93. The monoisotopic (exact) mass is 169 g/mol. The van der Waals surface area contributed by atoms with Crippen LogP contribution in [0.1, 0.15) is 10.5 Å². The van der Waals surface area contributed by atoms with Crippen molar-refractivity contribution >= 4 is 11.8 Å². The van der Waals surface area contributed by atoms with Crippen LogP contribution in [0.15, 0.2) is 12.4 Å². The minimum Gasteiger partial charge on any atom is -0.464 e. The molecule has 0 aliphatic heterocycles. The number of anilines is 1. The molecule has 0 unspecified atom stereocenters. The number of nitrogens with zero attached hydrogens (tertiary/aromatic N) is 2. The van der Waals surface area contributed by atoms with Crippen LogP contribution in [0, 0.1) is 0 Å². The summed E-state index contributed by atoms with van der Waals surface area (Å²) in [5, 5.41) is 8.41. The van der Waals surface area contributed by atoms with Crippen molar-refractivity contribution in [3.63, 3.8) is 0 Å². The average molecular weight is 169 g/mol. The smallest absolute Gasteiger partial charge is 0.358 e. The van der Waals surface area contributed by atoms with Gasteiger partial charge in [-0.05, 0) is 0 Å². The van der Waals surface area contributed by atoms with Crippen LogP contribution in [-0.2, 0) is 4.74 Å². The first-order valence-electron chi connectivity index (χ1n) is 3.08. The van der Waals surface area contributed by atoms with Crippen LogP contribution in [0.4, 0.5) is 5.82 Å². The van der Waals surface area contributed by atoms with Gasteiger partial charge in [-0.3, -0.25) is 15.7 Å². The summed E-state index contributed by atoms with van der Waals surface area (Å²) in [5.74, 6) is -0.502. The fourth-order valence-corrected chi connectivity index (χ4v) is 0.623. The molecule has 0 atom stereocenters. The highest BCUT2D eigenvalue weighted by molar-refractivity contribution is 5.87. The van der Waals surface area contributed by atoms with Gasteiger partial charge in [-0.15, -0.1) is 0 Å². The van der Waals surface area contributed by atoms with Crippen molar-refractivity contribution < 1.29 is 14.7 Å². The lowest BCUT2D eigenvalue weighted by atomic mass is 10.4. The maximum atomic E-state index is 10.8.